The highest BCUT2D eigenvalue weighted by Crippen LogP contribution is 2.16. The number of hydrogen-bond donors (Lipinski definition) is 1. The van der Waals surface area contributed by atoms with Crippen molar-refractivity contribution >= 4 is 5.96 Å². The minimum Gasteiger partial charge on any atom is -0.497 e. The Hall–Kier alpha value is -2.89. The number of methoxy groups -OCH3 is 2. The Morgan fingerprint density at radius 2 is 1.46 bits per heavy atom. The fourth-order valence-electron chi connectivity index (χ4n) is 2.47. The molecule has 6 nitrogen and oxygen atoms in total. The number of ether oxygens (including phenoxy) is 3. The van der Waals surface area contributed by atoms with E-state index in [1.807, 2.05) is 43.4 Å². The number of nitrogens with one attached hydrogen (secondary N) is 1. The lowest BCUT2D eigenvalue weighted by Gasteiger charge is -2.22. The van der Waals surface area contributed by atoms with Gasteiger partial charge in [0.25, 0.3) is 0 Å². The van der Waals surface area contributed by atoms with Crippen LogP contribution in [0.1, 0.15) is 5.56 Å². The van der Waals surface area contributed by atoms with Crippen molar-refractivity contribution in [2.24, 2.45) is 4.99 Å². The van der Waals surface area contributed by atoms with Crippen LogP contribution in [0, 0.1) is 0 Å². The van der Waals surface area contributed by atoms with Gasteiger partial charge in [-0.3, -0.25) is 4.99 Å². The van der Waals surface area contributed by atoms with Crippen molar-refractivity contribution in [3.8, 4) is 17.2 Å². The van der Waals surface area contributed by atoms with Gasteiger partial charge >= 0.3 is 0 Å². The molecule has 2 rings (SSSR count). The van der Waals surface area contributed by atoms with Crippen molar-refractivity contribution in [3.63, 3.8) is 0 Å². The first-order chi connectivity index (χ1) is 12.7. The molecule has 0 spiro atoms. The zero-order chi connectivity index (χ0) is 18.8. The summed E-state index contributed by atoms with van der Waals surface area (Å²) in [7, 11) is 7.09. The van der Waals surface area contributed by atoms with Crippen molar-refractivity contribution < 1.29 is 14.2 Å². The van der Waals surface area contributed by atoms with Crippen LogP contribution in [0.5, 0.6) is 17.2 Å². The zero-order valence-corrected chi connectivity index (χ0v) is 15.9. The smallest absolute Gasteiger partial charge is 0.193 e. The molecule has 0 saturated heterocycles. The van der Waals surface area contributed by atoms with Gasteiger partial charge in [-0.15, -0.1) is 0 Å². The van der Waals surface area contributed by atoms with Gasteiger partial charge in [0, 0.05) is 20.6 Å². The summed E-state index contributed by atoms with van der Waals surface area (Å²) in [6, 6.07) is 15.6. The van der Waals surface area contributed by atoms with E-state index in [2.05, 4.69) is 27.3 Å². The maximum atomic E-state index is 5.72. The number of nitrogens with zero attached hydrogens (tertiary/aromatic N) is 2. The van der Waals surface area contributed by atoms with Crippen molar-refractivity contribution in [1.82, 2.24) is 10.2 Å². The van der Waals surface area contributed by atoms with Gasteiger partial charge in [-0.2, -0.15) is 0 Å². The molecular weight excluding hydrogens is 330 g/mol. The highest BCUT2D eigenvalue weighted by Gasteiger charge is 2.06. The number of benzene rings is 2. The highest BCUT2D eigenvalue weighted by molar-refractivity contribution is 5.79. The quantitative estimate of drug-likeness (QED) is 0.447. The van der Waals surface area contributed by atoms with E-state index in [9.17, 15) is 0 Å². The fourth-order valence-corrected chi connectivity index (χ4v) is 2.47. The Kier molecular flexibility index (Phi) is 7.61. The maximum absolute atomic E-state index is 5.72. The topological polar surface area (TPSA) is 55.3 Å². The van der Waals surface area contributed by atoms with Gasteiger partial charge in [0.2, 0.25) is 0 Å². The molecule has 0 radical (unpaired) electrons. The first kappa shape index (κ1) is 19.4. The van der Waals surface area contributed by atoms with E-state index < -0.39 is 0 Å². The van der Waals surface area contributed by atoms with Gasteiger partial charge in [0.1, 0.15) is 23.9 Å². The lowest BCUT2D eigenvalue weighted by molar-refractivity contribution is 0.318. The molecule has 2 aromatic rings. The predicted molar refractivity (Wildman–Crippen MR) is 104 cm³/mol. The molecule has 0 aliphatic carbocycles. The van der Waals surface area contributed by atoms with Gasteiger partial charge in [-0.05, 0) is 42.0 Å². The lowest BCUT2D eigenvalue weighted by atomic mass is 10.2. The van der Waals surface area contributed by atoms with Crippen LogP contribution in [0.2, 0.25) is 0 Å². The molecule has 0 aromatic heterocycles. The summed E-state index contributed by atoms with van der Waals surface area (Å²) < 4.78 is 16.0. The van der Waals surface area contributed by atoms with E-state index in [1.54, 1.807) is 21.3 Å². The van der Waals surface area contributed by atoms with Crippen LogP contribution in [0.4, 0.5) is 0 Å². The van der Waals surface area contributed by atoms with Gasteiger partial charge in [0.15, 0.2) is 5.96 Å². The first-order valence-corrected chi connectivity index (χ1v) is 8.48. The van der Waals surface area contributed by atoms with Gasteiger partial charge in [0.05, 0.1) is 20.8 Å². The summed E-state index contributed by atoms with van der Waals surface area (Å²) in [5.41, 5.74) is 1.19. The second-order valence-electron chi connectivity index (χ2n) is 5.70. The molecule has 2 aromatic carbocycles. The molecule has 26 heavy (non-hydrogen) atoms. The van der Waals surface area contributed by atoms with Crippen molar-refractivity contribution in [2.75, 3.05) is 41.5 Å². The third kappa shape index (κ3) is 5.88. The summed E-state index contributed by atoms with van der Waals surface area (Å²) >= 11 is 0. The van der Waals surface area contributed by atoms with Crippen molar-refractivity contribution in [2.45, 2.75) is 6.54 Å². The summed E-state index contributed by atoms with van der Waals surface area (Å²) in [5, 5.41) is 3.31. The molecule has 6 heteroatoms. The molecule has 0 unspecified atom stereocenters. The minimum atomic E-state index is 0.543. The van der Waals surface area contributed by atoms with Crippen LogP contribution in [0.25, 0.3) is 0 Å². The largest absolute Gasteiger partial charge is 0.497 e. The average molecular weight is 357 g/mol. The molecule has 0 aliphatic rings. The van der Waals surface area contributed by atoms with E-state index in [1.165, 1.54) is 5.56 Å². The number of rotatable bonds is 8. The Morgan fingerprint density at radius 1 is 0.923 bits per heavy atom. The van der Waals surface area contributed by atoms with Crippen LogP contribution in [0.3, 0.4) is 0 Å². The molecule has 0 fully saturated rings. The maximum Gasteiger partial charge on any atom is 0.193 e. The van der Waals surface area contributed by atoms with E-state index >= 15 is 0 Å². The monoisotopic (exact) mass is 357 g/mol. The second kappa shape index (κ2) is 10.2. The molecule has 1 N–H and O–H groups in total. The van der Waals surface area contributed by atoms with Crippen molar-refractivity contribution in [3.05, 3.63) is 54.1 Å². The van der Waals surface area contributed by atoms with Crippen LogP contribution < -0.4 is 19.5 Å². The average Bonchev–Trinajstić information content (AvgIpc) is 2.69. The molecular formula is C20H27N3O3. The van der Waals surface area contributed by atoms with Crippen LogP contribution in [0.15, 0.2) is 53.5 Å². The number of guanidine groups is 1. The lowest BCUT2D eigenvalue weighted by Crippen LogP contribution is -2.40. The third-order valence-corrected chi connectivity index (χ3v) is 3.87. The van der Waals surface area contributed by atoms with Gasteiger partial charge < -0.3 is 24.4 Å². The fraction of sp³-hybridized carbons (Fsp3) is 0.350. The number of hydrogen-bond acceptors (Lipinski definition) is 4. The molecule has 0 saturated carbocycles. The van der Waals surface area contributed by atoms with Crippen LogP contribution in [-0.2, 0) is 6.54 Å². The van der Waals surface area contributed by atoms with Gasteiger partial charge in [-0.1, -0.05) is 12.1 Å². The molecule has 0 atom stereocenters. The Balaban J connectivity index is 1.76. The van der Waals surface area contributed by atoms with Crippen LogP contribution >= 0.6 is 0 Å². The third-order valence-electron chi connectivity index (χ3n) is 3.87. The zero-order valence-electron chi connectivity index (χ0n) is 15.9. The summed E-state index contributed by atoms with van der Waals surface area (Å²) in [5.74, 6) is 3.30. The summed E-state index contributed by atoms with van der Waals surface area (Å²) in [4.78, 5) is 6.38. The molecule has 140 valence electrons. The molecule has 0 aliphatic heterocycles. The Morgan fingerprint density at radius 3 is 2.00 bits per heavy atom. The van der Waals surface area contributed by atoms with Crippen molar-refractivity contribution in [1.29, 1.82) is 0 Å². The molecule has 0 heterocycles. The minimum absolute atomic E-state index is 0.543. The van der Waals surface area contributed by atoms with Crippen LogP contribution in [-0.4, -0.2) is 52.3 Å². The predicted octanol–water partition coefficient (Wildman–Crippen LogP) is 2.79. The van der Waals surface area contributed by atoms with E-state index in [4.69, 9.17) is 14.2 Å². The number of aliphatic imine (C=N–C) groups is 1. The molecule has 0 amide bonds. The summed E-state index contributed by atoms with van der Waals surface area (Å²) in [6.45, 7) is 1.95. The Labute approximate surface area is 155 Å². The highest BCUT2D eigenvalue weighted by atomic mass is 16.5. The Bertz CT molecular complexity index is 684. The normalized spacial score (nSPS) is 11.0. The second-order valence-corrected chi connectivity index (χ2v) is 5.70. The van der Waals surface area contributed by atoms with E-state index in [0.717, 1.165) is 29.8 Å². The molecule has 0 bridgehead atoms. The standard InChI is InChI=1S/C20H27N3O3/c1-21-20(23(2)15-16-5-7-17(24-3)8-6-16)22-13-14-26-19-11-9-18(25-4)10-12-19/h5-12H,13-15H2,1-4H3,(H,21,22). The summed E-state index contributed by atoms with van der Waals surface area (Å²) in [6.07, 6.45) is 0. The van der Waals surface area contributed by atoms with E-state index in [0.29, 0.717) is 13.2 Å². The SMILES string of the molecule is CN=C(NCCOc1ccc(OC)cc1)N(C)Cc1ccc(OC)cc1. The van der Waals surface area contributed by atoms with E-state index in [-0.39, 0.29) is 0 Å². The first-order valence-electron chi connectivity index (χ1n) is 8.48. The van der Waals surface area contributed by atoms with Gasteiger partial charge in [-0.25, -0.2) is 0 Å².